The van der Waals surface area contributed by atoms with Crippen molar-refractivity contribution in [1.82, 2.24) is 9.78 Å². The number of aromatic nitrogens is 2. The summed E-state index contributed by atoms with van der Waals surface area (Å²) >= 11 is 6.20. The number of hydrogen-bond acceptors (Lipinski definition) is 3. The van der Waals surface area contributed by atoms with Gasteiger partial charge in [-0.1, -0.05) is 23.7 Å². The number of benzene rings is 2. The Morgan fingerprint density at radius 3 is 2.37 bits per heavy atom. The van der Waals surface area contributed by atoms with Gasteiger partial charge in [-0.25, -0.2) is 0 Å². The van der Waals surface area contributed by atoms with Crippen molar-refractivity contribution >= 4 is 29.0 Å². The molecule has 3 aromatic rings. The number of ketones is 1. The van der Waals surface area contributed by atoms with Crippen LogP contribution < -0.4 is 5.32 Å². The molecule has 5 nitrogen and oxygen atoms in total. The lowest BCUT2D eigenvalue weighted by atomic mass is 10.1. The zero-order valence-corrected chi connectivity index (χ0v) is 16.2. The fourth-order valence-corrected chi connectivity index (χ4v) is 2.94. The molecule has 138 valence electrons. The van der Waals surface area contributed by atoms with Crippen LogP contribution in [0.2, 0.25) is 5.02 Å². The third-order valence-electron chi connectivity index (χ3n) is 4.36. The highest BCUT2D eigenvalue weighted by Gasteiger charge is 2.11. The highest BCUT2D eigenvalue weighted by molar-refractivity contribution is 6.31. The smallest absolute Gasteiger partial charge is 0.255 e. The van der Waals surface area contributed by atoms with Crippen LogP contribution in [0.4, 0.5) is 5.69 Å². The van der Waals surface area contributed by atoms with Crippen molar-refractivity contribution in [1.29, 1.82) is 0 Å². The molecule has 0 aliphatic carbocycles. The minimum atomic E-state index is -0.209. The third kappa shape index (κ3) is 4.26. The van der Waals surface area contributed by atoms with Crippen molar-refractivity contribution in [2.45, 2.75) is 27.3 Å². The Labute approximate surface area is 163 Å². The second-order valence-corrected chi connectivity index (χ2v) is 6.81. The third-order valence-corrected chi connectivity index (χ3v) is 4.91. The van der Waals surface area contributed by atoms with E-state index in [0.717, 1.165) is 17.0 Å². The van der Waals surface area contributed by atoms with Crippen molar-refractivity contribution in [2.75, 3.05) is 5.32 Å². The fourth-order valence-electron chi connectivity index (χ4n) is 2.80. The van der Waals surface area contributed by atoms with Gasteiger partial charge in [0.1, 0.15) is 0 Å². The molecule has 2 aromatic carbocycles. The average molecular weight is 382 g/mol. The van der Waals surface area contributed by atoms with Crippen LogP contribution in [0.5, 0.6) is 0 Å². The Morgan fingerprint density at radius 1 is 1.07 bits per heavy atom. The highest BCUT2D eigenvalue weighted by atomic mass is 35.5. The molecular weight excluding hydrogens is 362 g/mol. The largest absolute Gasteiger partial charge is 0.322 e. The lowest BCUT2D eigenvalue weighted by Crippen LogP contribution is -2.13. The van der Waals surface area contributed by atoms with E-state index in [9.17, 15) is 9.59 Å². The SMILES string of the molecule is CC(=O)c1ccc(NC(=O)c2cccc(Cn3nc(C)c(Cl)c3C)c2)cc1. The van der Waals surface area contributed by atoms with E-state index in [2.05, 4.69) is 10.4 Å². The van der Waals surface area contributed by atoms with E-state index < -0.39 is 0 Å². The number of aryl methyl sites for hydroxylation is 1. The number of anilines is 1. The van der Waals surface area contributed by atoms with Crippen LogP contribution in [-0.4, -0.2) is 21.5 Å². The predicted octanol–water partition coefficient (Wildman–Crippen LogP) is 4.66. The molecule has 0 fully saturated rings. The molecule has 1 N–H and O–H groups in total. The number of nitrogens with one attached hydrogen (secondary N) is 1. The average Bonchev–Trinajstić information content (AvgIpc) is 2.89. The quantitative estimate of drug-likeness (QED) is 0.654. The number of Topliss-reactive ketones (excluding diaryl/α,β-unsaturated/α-hetero) is 1. The lowest BCUT2D eigenvalue weighted by molar-refractivity contribution is 0.101. The van der Waals surface area contributed by atoms with Gasteiger partial charge in [0, 0.05) is 16.8 Å². The summed E-state index contributed by atoms with van der Waals surface area (Å²) in [5.41, 5.74) is 4.44. The van der Waals surface area contributed by atoms with Gasteiger partial charge in [-0.15, -0.1) is 0 Å². The Morgan fingerprint density at radius 2 is 1.78 bits per heavy atom. The summed E-state index contributed by atoms with van der Waals surface area (Å²) in [6.45, 7) is 5.83. The summed E-state index contributed by atoms with van der Waals surface area (Å²) < 4.78 is 1.83. The summed E-state index contributed by atoms with van der Waals surface area (Å²) in [6, 6.07) is 14.2. The summed E-state index contributed by atoms with van der Waals surface area (Å²) in [4.78, 5) is 23.9. The van der Waals surface area contributed by atoms with E-state index in [0.29, 0.717) is 28.4 Å². The maximum Gasteiger partial charge on any atom is 0.255 e. The van der Waals surface area contributed by atoms with Crippen LogP contribution in [0.15, 0.2) is 48.5 Å². The van der Waals surface area contributed by atoms with Crippen molar-refractivity contribution in [3.8, 4) is 0 Å². The van der Waals surface area contributed by atoms with E-state index in [1.807, 2.05) is 36.7 Å². The second-order valence-electron chi connectivity index (χ2n) is 6.43. The molecule has 1 amide bonds. The molecule has 0 atom stereocenters. The van der Waals surface area contributed by atoms with Crippen molar-refractivity contribution in [2.24, 2.45) is 0 Å². The molecule has 0 aliphatic heterocycles. The van der Waals surface area contributed by atoms with Crippen molar-refractivity contribution in [3.63, 3.8) is 0 Å². The fraction of sp³-hybridized carbons (Fsp3) is 0.190. The molecular formula is C21H20ClN3O2. The monoisotopic (exact) mass is 381 g/mol. The molecule has 6 heteroatoms. The first-order valence-corrected chi connectivity index (χ1v) is 8.93. The molecule has 0 spiro atoms. The summed E-state index contributed by atoms with van der Waals surface area (Å²) in [6.07, 6.45) is 0. The van der Waals surface area contributed by atoms with E-state index in [4.69, 9.17) is 11.6 Å². The second kappa shape index (κ2) is 7.76. The number of rotatable bonds is 5. The normalized spacial score (nSPS) is 10.7. The number of amides is 1. The molecule has 27 heavy (non-hydrogen) atoms. The van der Waals surface area contributed by atoms with Crippen molar-refractivity contribution < 1.29 is 9.59 Å². The first kappa shape index (κ1) is 18.9. The van der Waals surface area contributed by atoms with Crippen LogP contribution in [0, 0.1) is 13.8 Å². The van der Waals surface area contributed by atoms with Crippen molar-refractivity contribution in [3.05, 3.63) is 81.6 Å². The van der Waals surface area contributed by atoms with E-state index >= 15 is 0 Å². The van der Waals surface area contributed by atoms with Gasteiger partial charge >= 0.3 is 0 Å². The maximum absolute atomic E-state index is 12.5. The molecule has 0 saturated carbocycles. The molecule has 0 radical (unpaired) electrons. The molecule has 0 unspecified atom stereocenters. The number of carbonyl (C=O) groups is 2. The Hall–Kier alpha value is -2.92. The standard InChI is InChI=1S/C21H20ClN3O2/c1-13-20(22)14(2)25(24-13)12-16-5-4-6-18(11-16)21(27)23-19-9-7-17(8-10-19)15(3)26/h4-11H,12H2,1-3H3,(H,23,27). The minimum absolute atomic E-state index is 0.00941. The van der Waals surface area contributed by atoms with Crippen LogP contribution in [0.25, 0.3) is 0 Å². The molecule has 0 aliphatic rings. The molecule has 1 heterocycles. The molecule has 1 aromatic heterocycles. The van der Waals surface area contributed by atoms with E-state index in [-0.39, 0.29) is 11.7 Å². The van der Waals surface area contributed by atoms with Crippen LogP contribution in [-0.2, 0) is 6.54 Å². The Kier molecular flexibility index (Phi) is 5.42. The predicted molar refractivity (Wildman–Crippen MR) is 107 cm³/mol. The van der Waals surface area contributed by atoms with Gasteiger partial charge in [0.25, 0.3) is 5.91 Å². The van der Waals surface area contributed by atoms with Gasteiger partial charge in [-0.05, 0) is 62.7 Å². The number of hydrogen-bond donors (Lipinski definition) is 1. The van der Waals surface area contributed by atoms with Crippen LogP contribution in [0.1, 0.15) is 44.6 Å². The highest BCUT2D eigenvalue weighted by Crippen LogP contribution is 2.20. The maximum atomic E-state index is 12.5. The van der Waals surface area contributed by atoms with E-state index in [1.165, 1.54) is 6.92 Å². The Balaban J connectivity index is 1.75. The number of halogens is 1. The van der Waals surface area contributed by atoms with Gasteiger partial charge in [-0.3, -0.25) is 14.3 Å². The number of nitrogens with zero attached hydrogens (tertiary/aromatic N) is 2. The van der Waals surface area contributed by atoms with Gasteiger partial charge < -0.3 is 5.32 Å². The van der Waals surface area contributed by atoms with E-state index in [1.54, 1.807) is 30.3 Å². The summed E-state index contributed by atoms with van der Waals surface area (Å²) in [5, 5.41) is 7.94. The van der Waals surface area contributed by atoms with Crippen LogP contribution >= 0.6 is 11.6 Å². The van der Waals surface area contributed by atoms with Gasteiger partial charge in [-0.2, -0.15) is 5.10 Å². The molecule has 3 rings (SSSR count). The zero-order valence-electron chi connectivity index (χ0n) is 15.4. The first-order valence-electron chi connectivity index (χ1n) is 8.56. The molecule has 0 saturated heterocycles. The molecule has 0 bridgehead atoms. The summed E-state index contributed by atoms with van der Waals surface area (Å²) in [5.74, 6) is -0.219. The van der Waals surface area contributed by atoms with Gasteiger partial charge in [0.05, 0.1) is 23.0 Å². The first-order chi connectivity index (χ1) is 12.8. The lowest BCUT2D eigenvalue weighted by Gasteiger charge is -2.09. The van der Waals surface area contributed by atoms with Gasteiger partial charge in [0.2, 0.25) is 0 Å². The number of carbonyl (C=O) groups excluding carboxylic acids is 2. The summed E-state index contributed by atoms with van der Waals surface area (Å²) in [7, 11) is 0. The topological polar surface area (TPSA) is 64.0 Å². The Bertz CT molecular complexity index is 1010. The minimum Gasteiger partial charge on any atom is -0.322 e. The van der Waals surface area contributed by atoms with Gasteiger partial charge in [0.15, 0.2) is 5.78 Å². The van der Waals surface area contributed by atoms with Crippen LogP contribution in [0.3, 0.4) is 0 Å². The zero-order chi connectivity index (χ0) is 19.6.